The summed E-state index contributed by atoms with van der Waals surface area (Å²) in [5, 5.41) is 4.28. The Labute approximate surface area is 127 Å². The Hall–Kier alpha value is -1.85. The molecule has 1 rings (SSSR count). The van der Waals surface area contributed by atoms with Crippen molar-refractivity contribution >= 4 is 17.3 Å². The topological polar surface area (TPSA) is 62.6 Å². The molecular weight excluding hydrogens is 266 g/mol. The zero-order valence-corrected chi connectivity index (χ0v) is 13.8. The van der Waals surface area contributed by atoms with Gasteiger partial charge in [0.1, 0.15) is 5.82 Å². The highest BCUT2D eigenvalue weighted by Crippen LogP contribution is 2.20. The van der Waals surface area contributed by atoms with Crippen LogP contribution in [0.3, 0.4) is 0 Å². The van der Waals surface area contributed by atoms with Crippen LogP contribution in [0, 0.1) is 0 Å². The molecule has 0 fully saturated rings. The SMILES string of the molecule is CCCN(CCC)c1cc(N/N=C(\C)CC)nc(OC)n1. The summed E-state index contributed by atoms with van der Waals surface area (Å²) in [6.45, 7) is 10.3. The number of nitrogens with one attached hydrogen (secondary N) is 1. The molecule has 0 atom stereocenters. The van der Waals surface area contributed by atoms with Crippen molar-refractivity contribution in [3.63, 3.8) is 0 Å². The van der Waals surface area contributed by atoms with Gasteiger partial charge in [0.05, 0.1) is 7.11 Å². The first kappa shape index (κ1) is 17.2. The smallest absolute Gasteiger partial charge is 0.320 e. The summed E-state index contributed by atoms with van der Waals surface area (Å²) in [4.78, 5) is 11.0. The van der Waals surface area contributed by atoms with E-state index in [4.69, 9.17) is 4.74 Å². The Morgan fingerprint density at radius 3 is 2.43 bits per heavy atom. The number of aromatic nitrogens is 2. The fourth-order valence-corrected chi connectivity index (χ4v) is 1.84. The predicted molar refractivity (Wildman–Crippen MR) is 88.4 cm³/mol. The molecule has 0 saturated heterocycles. The molecule has 0 aliphatic carbocycles. The van der Waals surface area contributed by atoms with E-state index in [9.17, 15) is 0 Å². The van der Waals surface area contributed by atoms with Gasteiger partial charge in [-0.1, -0.05) is 20.8 Å². The molecule has 118 valence electrons. The largest absolute Gasteiger partial charge is 0.467 e. The van der Waals surface area contributed by atoms with Crippen molar-refractivity contribution in [3.05, 3.63) is 6.07 Å². The van der Waals surface area contributed by atoms with Crippen molar-refractivity contribution in [2.24, 2.45) is 5.10 Å². The van der Waals surface area contributed by atoms with Crippen LogP contribution in [0.2, 0.25) is 0 Å². The number of anilines is 2. The number of ether oxygens (including phenoxy) is 1. The summed E-state index contributed by atoms with van der Waals surface area (Å²) >= 11 is 0. The van der Waals surface area contributed by atoms with Crippen LogP contribution >= 0.6 is 0 Å². The molecule has 0 aromatic carbocycles. The first-order valence-corrected chi connectivity index (χ1v) is 7.61. The lowest BCUT2D eigenvalue weighted by molar-refractivity contribution is 0.380. The van der Waals surface area contributed by atoms with Crippen LogP contribution in [0.1, 0.15) is 47.0 Å². The zero-order valence-electron chi connectivity index (χ0n) is 13.8. The molecule has 1 aromatic rings. The Kier molecular flexibility index (Phi) is 7.50. The third kappa shape index (κ3) is 5.57. The minimum absolute atomic E-state index is 0.358. The van der Waals surface area contributed by atoms with E-state index in [1.165, 1.54) is 0 Å². The second-order valence-electron chi connectivity index (χ2n) is 4.90. The van der Waals surface area contributed by atoms with E-state index in [2.05, 4.69) is 46.2 Å². The zero-order chi connectivity index (χ0) is 15.7. The van der Waals surface area contributed by atoms with Gasteiger partial charge in [0, 0.05) is 24.9 Å². The molecule has 21 heavy (non-hydrogen) atoms. The molecule has 6 heteroatoms. The van der Waals surface area contributed by atoms with E-state index in [-0.39, 0.29) is 0 Å². The van der Waals surface area contributed by atoms with E-state index in [0.717, 1.165) is 43.9 Å². The summed E-state index contributed by atoms with van der Waals surface area (Å²) in [6.07, 6.45) is 3.05. The fourth-order valence-electron chi connectivity index (χ4n) is 1.84. The van der Waals surface area contributed by atoms with Crippen molar-refractivity contribution in [1.82, 2.24) is 9.97 Å². The summed E-state index contributed by atoms with van der Waals surface area (Å²) in [7, 11) is 1.58. The number of hydrogen-bond acceptors (Lipinski definition) is 6. The Morgan fingerprint density at radius 2 is 1.90 bits per heavy atom. The highest BCUT2D eigenvalue weighted by molar-refractivity contribution is 5.82. The highest BCUT2D eigenvalue weighted by atomic mass is 16.5. The minimum atomic E-state index is 0.358. The molecule has 0 amide bonds. The van der Waals surface area contributed by atoms with Gasteiger partial charge >= 0.3 is 6.01 Å². The maximum absolute atomic E-state index is 5.20. The molecule has 0 saturated carbocycles. The van der Waals surface area contributed by atoms with Crippen LogP contribution < -0.4 is 15.1 Å². The molecule has 0 unspecified atom stereocenters. The van der Waals surface area contributed by atoms with Crippen molar-refractivity contribution < 1.29 is 4.74 Å². The monoisotopic (exact) mass is 293 g/mol. The number of hydrogen-bond donors (Lipinski definition) is 1. The highest BCUT2D eigenvalue weighted by Gasteiger charge is 2.11. The molecule has 6 nitrogen and oxygen atoms in total. The molecule has 1 N–H and O–H groups in total. The van der Waals surface area contributed by atoms with Crippen LogP contribution in [0.4, 0.5) is 11.6 Å². The lowest BCUT2D eigenvalue weighted by atomic mass is 10.3. The predicted octanol–water partition coefficient (Wildman–Crippen LogP) is 3.31. The third-order valence-corrected chi connectivity index (χ3v) is 3.06. The first-order chi connectivity index (χ1) is 10.1. The van der Waals surface area contributed by atoms with Crippen LogP contribution in [-0.4, -0.2) is 35.9 Å². The summed E-state index contributed by atoms with van der Waals surface area (Å²) < 4.78 is 5.20. The van der Waals surface area contributed by atoms with Gasteiger partial charge in [-0.15, -0.1) is 0 Å². The lowest BCUT2D eigenvalue weighted by Gasteiger charge is -2.23. The van der Waals surface area contributed by atoms with Gasteiger partial charge in [0.2, 0.25) is 0 Å². The molecule has 1 aromatic heterocycles. The Morgan fingerprint density at radius 1 is 1.24 bits per heavy atom. The lowest BCUT2D eigenvalue weighted by Crippen LogP contribution is -2.26. The van der Waals surface area contributed by atoms with E-state index in [1.54, 1.807) is 7.11 Å². The molecule has 0 aliphatic rings. The average Bonchev–Trinajstić information content (AvgIpc) is 2.51. The standard InChI is InChI=1S/C15H27N5O/c1-6-9-20(10-7-2)14-11-13(16-15(17-14)21-5)19-18-12(4)8-3/h11H,6-10H2,1-5H3,(H,16,17,19)/b18-12+. The van der Waals surface area contributed by atoms with Crippen LogP contribution in [-0.2, 0) is 0 Å². The second-order valence-corrected chi connectivity index (χ2v) is 4.90. The van der Waals surface area contributed by atoms with E-state index in [1.807, 2.05) is 13.0 Å². The summed E-state index contributed by atoms with van der Waals surface area (Å²) in [5.41, 5.74) is 4.00. The average molecular weight is 293 g/mol. The molecule has 0 aliphatic heterocycles. The van der Waals surface area contributed by atoms with Gasteiger partial charge in [-0.2, -0.15) is 15.1 Å². The van der Waals surface area contributed by atoms with Gasteiger partial charge < -0.3 is 9.64 Å². The summed E-state index contributed by atoms with van der Waals surface area (Å²) in [6, 6.07) is 2.27. The van der Waals surface area contributed by atoms with Gasteiger partial charge in [-0.3, -0.25) is 5.43 Å². The van der Waals surface area contributed by atoms with Gasteiger partial charge in [0.25, 0.3) is 0 Å². The molecule has 0 radical (unpaired) electrons. The Balaban J connectivity index is 3.02. The van der Waals surface area contributed by atoms with Crippen LogP contribution in [0.25, 0.3) is 0 Å². The van der Waals surface area contributed by atoms with E-state index < -0.39 is 0 Å². The molecular formula is C15H27N5O. The van der Waals surface area contributed by atoms with Crippen molar-refractivity contribution in [3.8, 4) is 6.01 Å². The number of methoxy groups -OCH3 is 1. The van der Waals surface area contributed by atoms with Gasteiger partial charge in [-0.25, -0.2) is 0 Å². The number of rotatable bonds is 9. The second kappa shape index (κ2) is 9.15. The van der Waals surface area contributed by atoms with Gasteiger partial charge in [0.15, 0.2) is 5.82 Å². The van der Waals surface area contributed by atoms with E-state index >= 15 is 0 Å². The van der Waals surface area contributed by atoms with Crippen LogP contribution in [0.15, 0.2) is 11.2 Å². The van der Waals surface area contributed by atoms with Crippen molar-refractivity contribution in [1.29, 1.82) is 0 Å². The summed E-state index contributed by atoms with van der Waals surface area (Å²) in [5.74, 6) is 1.53. The normalized spacial score (nSPS) is 11.4. The minimum Gasteiger partial charge on any atom is -0.467 e. The molecule has 1 heterocycles. The first-order valence-electron chi connectivity index (χ1n) is 7.61. The maximum Gasteiger partial charge on any atom is 0.320 e. The van der Waals surface area contributed by atoms with E-state index in [0.29, 0.717) is 11.8 Å². The quantitative estimate of drug-likeness (QED) is 0.559. The third-order valence-electron chi connectivity index (χ3n) is 3.06. The van der Waals surface area contributed by atoms with Gasteiger partial charge in [-0.05, 0) is 26.2 Å². The van der Waals surface area contributed by atoms with Crippen LogP contribution in [0.5, 0.6) is 6.01 Å². The Bertz CT molecular complexity index is 455. The fraction of sp³-hybridized carbons (Fsp3) is 0.667. The number of nitrogens with zero attached hydrogens (tertiary/aromatic N) is 4. The molecule has 0 bridgehead atoms. The number of hydrazone groups is 1. The van der Waals surface area contributed by atoms with Crippen molar-refractivity contribution in [2.45, 2.75) is 47.0 Å². The van der Waals surface area contributed by atoms with Crippen molar-refractivity contribution in [2.75, 3.05) is 30.5 Å². The molecule has 0 spiro atoms. The maximum atomic E-state index is 5.20.